The van der Waals surface area contributed by atoms with Crippen molar-refractivity contribution in [2.45, 2.75) is 62.4 Å². The Hall–Kier alpha value is -0.180. The van der Waals surface area contributed by atoms with Crippen molar-refractivity contribution in [1.82, 2.24) is 0 Å². The van der Waals surface area contributed by atoms with Gasteiger partial charge in [-0.3, -0.25) is 9.11 Å². The molecule has 2 N–H and O–H groups in total. The summed E-state index contributed by atoms with van der Waals surface area (Å²) in [6, 6.07) is 0. The second-order valence-electron chi connectivity index (χ2n) is 6.49. The Morgan fingerprint density at radius 2 is 1.24 bits per heavy atom. The first-order chi connectivity index (χ1) is 9.63. The summed E-state index contributed by atoms with van der Waals surface area (Å²) in [5, 5.41) is -1.34. The summed E-state index contributed by atoms with van der Waals surface area (Å²) in [5.41, 5.74) is 0. The van der Waals surface area contributed by atoms with Gasteiger partial charge in [-0.2, -0.15) is 16.8 Å². The van der Waals surface area contributed by atoms with E-state index < -0.39 is 30.7 Å². The summed E-state index contributed by atoms with van der Waals surface area (Å²) < 4.78 is 63.3. The molecule has 0 aromatic rings. The van der Waals surface area contributed by atoms with Crippen molar-refractivity contribution in [2.24, 2.45) is 17.8 Å². The average molecular weight is 340 g/mol. The molecule has 2 aliphatic rings. The predicted octanol–water partition coefficient (Wildman–Crippen LogP) is 2.13. The van der Waals surface area contributed by atoms with Crippen molar-refractivity contribution in [3.05, 3.63) is 0 Å². The first kappa shape index (κ1) is 17.2. The molecule has 0 amide bonds. The first-order valence-corrected chi connectivity index (χ1v) is 10.6. The molecule has 0 spiro atoms. The minimum atomic E-state index is -3.97. The first-order valence-electron chi connectivity index (χ1n) is 7.55. The van der Waals surface area contributed by atoms with Crippen LogP contribution in [0.3, 0.4) is 0 Å². The fraction of sp³-hybridized carbons (Fsp3) is 1.00. The van der Waals surface area contributed by atoms with Crippen LogP contribution in [0, 0.1) is 17.8 Å². The summed E-state index contributed by atoms with van der Waals surface area (Å²) in [5.74, 6) is 0.697. The highest BCUT2D eigenvalue weighted by Gasteiger charge is 2.42. The van der Waals surface area contributed by atoms with E-state index in [0.29, 0.717) is 25.7 Å². The highest BCUT2D eigenvalue weighted by molar-refractivity contribution is 7.86. The van der Waals surface area contributed by atoms with Crippen LogP contribution >= 0.6 is 0 Å². The van der Waals surface area contributed by atoms with Gasteiger partial charge in [-0.25, -0.2) is 0 Å². The van der Waals surface area contributed by atoms with E-state index in [1.807, 2.05) is 6.92 Å². The normalized spacial score (nSPS) is 36.0. The molecule has 0 saturated heterocycles. The van der Waals surface area contributed by atoms with Crippen LogP contribution in [0.4, 0.5) is 0 Å². The zero-order chi connectivity index (χ0) is 15.8. The van der Waals surface area contributed by atoms with Crippen molar-refractivity contribution < 1.29 is 25.9 Å². The average Bonchev–Trinajstić information content (AvgIpc) is 2.96. The molecule has 2 rings (SSSR count). The second-order valence-corrected chi connectivity index (χ2v) is 9.89. The number of rotatable bonds is 5. The Morgan fingerprint density at radius 3 is 1.48 bits per heavy atom. The molecule has 0 aliphatic heterocycles. The van der Waals surface area contributed by atoms with E-state index in [1.54, 1.807) is 0 Å². The molecule has 124 valence electrons. The van der Waals surface area contributed by atoms with Gasteiger partial charge in [0, 0.05) is 0 Å². The zero-order valence-corrected chi connectivity index (χ0v) is 13.8. The molecule has 21 heavy (non-hydrogen) atoms. The van der Waals surface area contributed by atoms with Crippen molar-refractivity contribution in [3.8, 4) is 0 Å². The predicted molar refractivity (Wildman–Crippen MR) is 79.1 cm³/mol. The Labute approximate surface area is 126 Å². The van der Waals surface area contributed by atoms with E-state index in [-0.39, 0.29) is 17.8 Å². The minimum absolute atomic E-state index is 0.215. The Bertz CT molecular complexity index is 517. The van der Waals surface area contributed by atoms with E-state index in [2.05, 4.69) is 0 Å². The van der Waals surface area contributed by atoms with E-state index >= 15 is 0 Å². The molecule has 4 atom stereocenters. The van der Waals surface area contributed by atoms with Crippen molar-refractivity contribution >= 4 is 20.2 Å². The summed E-state index contributed by atoms with van der Waals surface area (Å²) >= 11 is 0. The maximum absolute atomic E-state index is 11.2. The Kier molecular flexibility index (Phi) is 5.02. The molecule has 2 saturated carbocycles. The van der Waals surface area contributed by atoms with Gasteiger partial charge >= 0.3 is 0 Å². The minimum Gasteiger partial charge on any atom is -0.285 e. The van der Waals surface area contributed by atoms with Gasteiger partial charge in [0.2, 0.25) is 0 Å². The molecular weight excluding hydrogens is 316 g/mol. The third-order valence-electron chi connectivity index (χ3n) is 5.38. The highest BCUT2D eigenvalue weighted by atomic mass is 32.2. The van der Waals surface area contributed by atoms with E-state index in [9.17, 15) is 16.8 Å². The lowest BCUT2D eigenvalue weighted by Crippen LogP contribution is -2.24. The van der Waals surface area contributed by atoms with Gasteiger partial charge in [-0.1, -0.05) is 13.3 Å². The van der Waals surface area contributed by atoms with Crippen LogP contribution < -0.4 is 0 Å². The van der Waals surface area contributed by atoms with Crippen LogP contribution in [0.5, 0.6) is 0 Å². The van der Waals surface area contributed by atoms with E-state index in [0.717, 1.165) is 19.3 Å². The number of hydrogen-bond donors (Lipinski definition) is 2. The largest absolute Gasteiger partial charge is 0.285 e. The van der Waals surface area contributed by atoms with Crippen LogP contribution in [0.15, 0.2) is 0 Å². The van der Waals surface area contributed by atoms with Gasteiger partial charge in [0.05, 0.1) is 10.5 Å². The maximum Gasteiger partial charge on any atom is 0.267 e. The third-order valence-corrected chi connectivity index (χ3v) is 7.92. The molecule has 2 fully saturated rings. The zero-order valence-electron chi connectivity index (χ0n) is 12.2. The summed E-state index contributed by atoms with van der Waals surface area (Å²) in [6.07, 6.45) is 4.27. The van der Waals surface area contributed by atoms with Crippen molar-refractivity contribution in [1.29, 1.82) is 0 Å². The quantitative estimate of drug-likeness (QED) is 0.742. The van der Waals surface area contributed by atoms with Gasteiger partial charge in [0.25, 0.3) is 20.2 Å². The van der Waals surface area contributed by atoms with Gasteiger partial charge in [0.15, 0.2) is 0 Å². The number of hydrogen-bond acceptors (Lipinski definition) is 4. The van der Waals surface area contributed by atoms with Gasteiger partial charge in [-0.15, -0.1) is 0 Å². The molecule has 0 radical (unpaired) electrons. The van der Waals surface area contributed by atoms with Gasteiger partial charge in [-0.05, 0) is 56.3 Å². The van der Waals surface area contributed by atoms with Crippen LogP contribution in [0.1, 0.15) is 51.9 Å². The SMILES string of the molecule is CCC(C1CCC(S(=O)(=O)O)C1)C1CCC(S(=O)(=O)O)C1. The molecule has 0 aromatic heterocycles. The summed E-state index contributed by atoms with van der Waals surface area (Å²) in [7, 11) is -7.94. The van der Waals surface area contributed by atoms with Crippen LogP contribution in [0.2, 0.25) is 0 Å². The standard InChI is InChI=1S/C13H24O6S2/c1-2-13(9-3-5-11(7-9)20(14,15)16)10-4-6-12(8-10)21(17,18)19/h9-13H,2-8H2,1H3,(H,14,15,16)(H,17,18,19). The smallest absolute Gasteiger partial charge is 0.267 e. The fourth-order valence-electron chi connectivity index (χ4n) is 4.32. The lowest BCUT2D eigenvalue weighted by Gasteiger charge is -2.28. The maximum atomic E-state index is 11.2. The fourth-order valence-corrected chi connectivity index (χ4v) is 6.17. The summed E-state index contributed by atoms with van der Waals surface area (Å²) in [4.78, 5) is 0. The molecule has 6 nitrogen and oxygen atoms in total. The lowest BCUT2D eigenvalue weighted by molar-refractivity contribution is 0.223. The molecule has 8 heteroatoms. The molecule has 2 aliphatic carbocycles. The van der Waals surface area contributed by atoms with E-state index in [4.69, 9.17) is 9.11 Å². The van der Waals surface area contributed by atoms with Gasteiger partial charge < -0.3 is 0 Å². The van der Waals surface area contributed by atoms with Crippen LogP contribution in [-0.2, 0) is 20.2 Å². The summed E-state index contributed by atoms with van der Waals surface area (Å²) in [6.45, 7) is 2.03. The Balaban J connectivity index is 2.02. The molecule has 4 unspecified atom stereocenters. The van der Waals surface area contributed by atoms with Crippen molar-refractivity contribution in [3.63, 3.8) is 0 Å². The van der Waals surface area contributed by atoms with Crippen LogP contribution in [0.25, 0.3) is 0 Å². The van der Waals surface area contributed by atoms with E-state index in [1.165, 1.54) is 0 Å². The topological polar surface area (TPSA) is 109 Å². The monoisotopic (exact) mass is 340 g/mol. The molecule has 0 heterocycles. The molecule has 0 aromatic carbocycles. The Morgan fingerprint density at radius 1 is 0.857 bits per heavy atom. The third kappa shape index (κ3) is 3.97. The van der Waals surface area contributed by atoms with Gasteiger partial charge in [0.1, 0.15) is 0 Å². The van der Waals surface area contributed by atoms with Crippen LogP contribution in [-0.4, -0.2) is 36.4 Å². The second kappa shape index (κ2) is 6.14. The van der Waals surface area contributed by atoms with Crippen molar-refractivity contribution in [2.75, 3.05) is 0 Å². The highest BCUT2D eigenvalue weighted by Crippen LogP contribution is 2.45. The molecule has 0 bridgehead atoms. The lowest BCUT2D eigenvalue weighted by atomic mass is 9.78. The molecular formula is C13H24O6S2.